The fraction of sp³-hybridized carbons (Fsp3) is 0.417. The molecular weight excluding hydrogens is 224 g/mol. The maximum absolute atomic E-state index is 13.4. The number of benzene rings is 1. The summed E-state index contributed by atoms with van der Waals surface area (Å²) in [5.74, 6) is -0.553. The Kier molecular flexibility index (Phi) is 3.38. The maximum Gasteiger partial charge on any atom is 0.153 e. The van der Waals surface area contributed by atoms with E-state index < -0.39 is 11.6 Å². The smallest absolute Gasteiger partial charge is 0.153 e. The number of rotatable bonds is 4. The van der Waals surface area contributed by atoms with Crippen LogP contribution in [0.3, 0.4) is 0 Å². The normalized spacial score (nSPS) is 11.6. The Balaban J connectivity index is 2.17. The minimum Gasteiger partial charge on any atom is -0.342 e. The minimum absolute atomic E-state index is 0.200. The van der Waals surface area contributed by atoms with Crippen molar-refractivity contribution in [3.63, 3.8) is 0 Å². The van der Waals surface area contributed by atoms with Crippen molar-refractivity contribution >= 4 is 11.0 Å². The number of fused-ring (bicyclic) bond motifs is 1. The molecule has 17 heavy (non-hydrogen) atoms. The standard InChI is InChI=1S/C12H15F2N3/c1-7(2)15-4-3-11-16-10-6-8(13)5-9(14)12(10)17-11/h5-7,15H,3-4H2,1-2H3,(H,16,17). The van der Waals surface area contributed by atoms with E-state index in [4.69, 9.17) is 0 Å². The summed E-state index contributed by atoms with van der Waals surface area (Å²) >= 11 is 0. The van der Waals surface area contributed by atoms with Gasteiger partial charge in [0.1, 0.15) is 17.2 Å². The second-order valence-corrected chi connectivity index (χ2v) is 4.33. The van der Waals surface area contributed by atoms with Crippen LogP contribution in [0.4, 0.5) is 8.78 Å². The van der Waals surface area contributed by atoms with Crippen LogP contribution in [0.1, 0.15) is 19.7 Å². The van der Waals surface area contributed by atoms with Gasteiger partial charge in [0.05, 0.1) is 5.52 Å². The summed E-state index contributed by atoms with van der Waals surface area (Å²) in [5, 5.41) is 3.24. The molecule has 0 spiro atoms. The zero-order valence-corrected chi connectivity index (χ0v) is 9.85. The molecule has 0 unspecified atom stereocenters. The van der Waals surface area contributed by atoms with Crippen molar-refractivity contribution in [2.24, 2.45) is 0 Å². The number of hydrogen-bond donors (Lipinski definition) is 2. The summed E-state index contributed by atoms with van der Waals surface area (Å²) in [6, 6.07) is 2.50. The van der Waals surface area contributed by atoms with Gasteiger partial charge in [-0.15, -0.1) is 0 Å². The highest BCUT2D eigenvalue weighted by molar-refractivity contribution is 5.75. The predicted octanol–water partition coefficient (Wildman–Crippen LogP) is 2.38. The fourth-order valence-corrected chi connectivity index (χ4v) is 1.69. The lowest BCUT2D eigenvalue weighted by Crippen LogP contribution is -2.25. The van der Waals surface area contributed by atoms with Gasteiger partial charge < -0.3 is 10.3 Å². The van der Waals surface area contributed by atoms with Gasteiger partial charge in [-0.05, 0) is 6.07 Å². The molecule has 92 valence electrons. The summed E-state index contributed by atoms with van der Waals surface area (Å²) < 4.78 is 26.3. The number of nitrogens with one attached hydrogen (secondary N) is 2. The maximum atomic E-state index is 13.4. The first kappa shape index (κ1) is 12.0. The molecule has 1 aromatic carbocycles. The van der Waals surface area contributed by atoms with Gasteiger partial charge in [-0.1, -0.05) is 13.8 Å². The molecule has 2 rings (SSSR count). The largest absolute Gasteiger partial charge is 0.342 e. The number of hydrogen-bond acceptors (Lipinski definition) is 2. The van der Waals surface area contributed by atoms with Crippen LogP contribution in [0, 0.1) is 11.6 Å². The van der Waals surface area contributed by atoms with E-state index in [2.05, 4.69) is 15.3 Å². The highest BCUT2D eigenvalue weighted by atomic mass is 19.1. The van der Waals surface area contributed by atoms with Gasteiger partial charge in [0.15, 0.2) is 5.82 Å². The molecule has 0 saturated heterocycles. The molecule has 0 aliphatic rings. The number of imidazole rings is 1. The van der Waals surface area contributed by atoms with Crippen LogP contribution in [0.5, 0.6) is 0 Å². The van der Waals surface area contributed by atoms with Crippen molar-refractivity contribution < 1.29 is 8.78 Å². The zero-order chi connectivity index (χ0) is 12.4. The summed E-state index contributed by atoms with van der Waals surface area (Å²) in [6.07, 6.45) is 0.661. The highest BCUT2D eigenvalue weighted by Crippen LogP contribution is 2.17. The number of aromatic nitrogens is 2. The van der Waals surface area contributed by atoms with Crippen LogP contribution in [0.25, 0.3) is 11.0 Å². The van der Waals surface area contributed by atoms with Crippen molar-refractivity contribution in [3.05, 3.63) is 29.6 Å². The minimum atomic E-state index is -0.626. The lowest BCUT2D eigenvalue weighted by Gasteiger charge is -2.05. The molecule has 0 saturated carbocycles. The number of aromatic amines is 1. The first-order chi connectivity index (χ1) is 8.06. The SMILES string of the molecule is CC(C)NCCc1nc2c(F)cc(F)cc2[nH]1. The van der Waals surface area contributed by atoms with E-state index in [0.717, 1.165) is 12.6 Å². The van der Waals surface area contributed by atoms with Gasteiger partial charge >= 0.3 is 0 Å². The Bertz CT molecular complexity index is 520. The fourth-order valence-electron chi connectivity index (χ4n) is 1.69. The zero-order valence-electron chi connectivity index (χ0n) is 9.85. The van der Waals surface area contributed by atoms with Crippen molar-refractivity contribution in [2.45, 2.75) is 26.3 Å². The molecule has 2 N–H and O–H groups in total. The van der Waals surface area contributed by atoms with Crippen LogP contribution in [0.15, 0.2) is 12.1 Å². The van der Waals surface area contributed by atoms with Crippen LogP contribution >= 0.6 is 0 Å². The van der Waals surface area contributed by atoms with Crippen molar-refractivity contribution in [2.75, 3.05) is 6.54 Å². The first-order valence-electron chi connectivity index (χ1n) is 5.63. The Hall–Kier alpha value is -1.49. The third kappa shape index (κ3) is 2.79. The molecule has 3 nitrogen and oxygen atoms in total. The lowest BCUT2D eigenvalue weighted by atomic mass is 10.3. The Morgan fingerprint density at radius 2 is 2.12 bits per heavy atom. The third-order valence-electron chi connectivity index (χ3n) is 2.47. The lowest BCUT2D eigenvalue weighted by molar-refractivity contribution is 0.584. The number of nitrogens with zero attached hydrogens (tertiary/aromatic N) is 1. The van der Waals surface area contributed by atoms with Gasteiger partial charge in [0, 0.05) is 25.1 Å². The van der Waals surface area contributed by atoms with Crippen molar-refractivity contribution in [1.82, 2.24) is 15.3 Å². The predicted molar refractivity (Wildman–Crippen MR) is 62.9 cm³/mol. The Morgan fingerprint density at radius 3 is 2.82 bits per heavy atom. The van der Waals surface area contributed by atoms with E-state index in [0.29, 0.717) is 23.8 Å². The third-order valence-corrected chi connectivity index (χ3v) is 2.47. The van der Waals surface area contributed by atoms with Crippen molar-refractivity contribution in [1.29, 1.82) is 0 Å². The van der Waals surface area contributed by atoms with Gasteiger partial charge in [0.25, 0.3) is 0 Å². The summed E-state index contributed by atoms with van der Waals surface area (Å²) in [7, 11) is 0. The molecule has 0 aliphatic heterocycles. The summed E-state index contributed by atoms with van der Waals surface area (Å²) in [6.45, 7) is 4.85. The summed E-state index contributed by atoms with van der Waals surface area (Å²) in [4.78, 5) is 7.03. The van der Waals surface area contributed by atoms with Crippen LogP contribution in [-0.2, 0) is 6.42 Å². The topological polar surface area (TPSA) is 40.7 Å². The molecular formula is C12H15F2N3. The molecule has 1 heterocycles. The molecule has 0 amide bonds. The van der Waals surface area contributed by atoms with E-state index >= 15 is 0 Å². The Morgan fingerprint density at radius 1 is 1.35 bits per heavy atom. The van der Waals surface area contributed by atoms with Gasteiger partial charge in [-0.2, -0.15) is 0 Å². The molecule has 0 aliphatic carbocycles. The van der Waals surface area contributed by atoms with E-state index in [1.165, 1.54) is 6.07 Å². The van der Waals surface area contributed by atoms with E-state index in [1.807, 2.05) is 13.8 Å². The molecule has 1 aromatic heterocycles. The van der Waals surface area contributed by atoms with Gasteiger partial charge in [-0.25, -0.2) is 13.8 Å². The molecule has 0 atom stereocenters. The second-order valence-electron chi connectivity index (χ2n) is 4.33. The average molecular weight is 239 g/mol. The monoisotopic (exact) mass is 239 g/mol. The quantitative estimate of drug-likeness (QED) is 0.860. The van der Waals surface area contributed by atoms with E-state index in [1.54, 1.807) is 0 Å². The molecule has 0 radical (unpaired) electrons. The Labute approximate surface area is 98.2 Å². The van der Waals surface area contributed by atoms with Gasteiger partial charge in [-0.3, -0.25) is 0 Å². The van der Waals surface area contributed by atoms with Crippen LogP contribution < -0.4 is 5.32 Å². The molecule has 0 fully saturated rings. The van der Waals surface area contributed by atoms with Gasteiger partial charge in [0.2, 0.25) is 0 Å². The van der Waals surface area contributed by atoms with E-state index in [-0.39, 0.29) is 5.52 Å². The van der Waals surface area contributed by atoms with Crippen molar-refractivity contribution in [3.8, 4) is 0 Å². The molecule has 2 aromatic rings. The molecule has 0 bridgehead atoms. The number of halogens is 2. The number of H-pyrrole nitrogens is 1. The van der Waals surface area contributed by atoms with E-state index in [9.17, 15) is 8.78 Å². The van der Waals surface area contributed by atoms with Crippen LogP contribution in [-0.4, -0.2) is 22.6 Å². The second kappa shape index (κ2) is 4.79. The molecule has 5 heteroatoms. The highest BCUT2D eigenvalue weighted by Gasteiger charge is 2.09. The van der Waals surface area contributed by atoms with Crippen LogP contribution in [0.2, 0.25) is 0 Å². The first-order valence-corrected chi connectivity index (χ1v) is 5.63. The average Bonchev–Trinajstić information content (AvgIpc) is 2.60. The summed E-state index contributed by atoms with van der Waals surface area (Å²) in [5.41, 5.74) is 0.605.